The minimum Gasteiger partial charge on any atom is -0.497 e. The molecule has 0 aliphatic heterocycles. The van der Waals surface area contributed by atoms with Crippen molar-refractivity contribution in [3.05, 3.63) is 85.2 Å². The van der Waals surface area contributed by atoms with Crippen molar-refractivity contribution in [2.24, 2.45) is 7.05 Å². The van der Waals surface area contributed by atoms with E-state index in [9.17, 15) is 19.5 Å². The van der Waals surface area contributed by atoms with Crippen molar-refractivity contribution >= 4 is 43.7 Å². The summed E-state index contributed by atoms with van der Waals surface area (Å²) in [7, 11) is 3.16. The van der Waals surface area contributed by atoms with Crippen LogP contribution in [0.1, 0.15) is 15.9 Å². The number of carbonyl (C=O) groups is 2. The van der Waals surface area contributed by atoms with Crippen LogP contribution in [0.25, 0.3) is 11.1 Å². The van der Waals surface area contributed by atoms with Crippen molar-refractivity contribution in [2.45, 2.75) is 12.5 Å². The van der Waals surface area contributed by atoms with Gasteiger partial charge in [-0.1, -0.05) is 24.3 Å². The Labute approximate surface area is 201 Å². The van der Waals surface area contributed by atoms with Crippen molar-refractivity contribution in [1.29, 1.82) is 0 Å². The largest absolute Gasteiger partial charge is 0.497 e. The molecule has 9 heteroatoms. The number of halogens is 2. The fourth-order valence-corrected chi connectivity index (χ4v) is 4.14. The van der Waals surface area contributed by atoms with Crippen LogP contribution in [0, 0.1) is 0 Å². The SMILES string of the molecule is COc1ccc(Br)c(C(=O)NC(Cc2ccc(-c3cc(Br)cn(C)c3=O)cc2)C(=O)O)c1. The van der Waals surface area contributed by atoms with Crippen LogP contribution in [-0.4, -0.2) is 34.7 Å². The number of methoxy groups -OCH3 is 1. The third-order valence-electron chi connectivity index (χ3n) is 4.88. The van der Waals surface area contributed by atoms with Crippen LogP contribution >= 0.6 is 31.9 Å². The van der Waals surface area contributed by atoms with E-state index in [0.717, 1.165) is 4.47 Å². The van der Waals surface area contributed by atoms with E-state index in [1.54, 1.807) is 55.7 Å². The molecule has 0 aliphatic carbocycles. The summed E-state index contributed by atoms with van der Waals surface area (Å²) in [4.78, 5) is 36.9. The molecule has 2 N–H and O–H groups in total. The lowest BCUT2D eigenvalue weighted by Gasteiger charge is -2.16. The number of aliphatic carboxylic acids is 1. The number of benzene rings is 2. The zero-order valence-corrected chi connectivity index (χ0v) is 20.4. The van der Waals surface area contributed by atoms with Crippen molar-refractivity contribution < 1.29 is 19.4 Å². The fourth-order valence-electron chi connectivity index (χ4n) is 3.17. The molecular weight excluding hydrogens is 544 g/mol. The first kappa shape index (κ1) is 23.7. The number of carboxylic acids is 1. The van der Waals surface area contributed by atoms with Crippen molar-refractivity contribution in [1.82, 2.24) is 9.88 Å². The number of carboxylic acid groups (broad SMARTS) is 1. The van der Waals surface area contributed by atoms with Crippen LogP contribution in [-0.2, 0) is 18.3 Å². The Balaban J connectivity index is 1.79. The van der Waals surface area contributed by atoms with Crippen molar-refractivity contribution in [3.63, 3.8) is 0 Å². The standard InChI is InChI=1S/C23H20Br2N2O5/c1-27-12-15(24)10-17(22(27)29)14-5-3-13(4-6-14)9-20(23(30)31)26-21(28)18-11-16(32-2)7-8-19(18)25/h3-8,10-12,20H,9H2,1-2H3,(H,26,28)(H,30,31). The van der Waals surface area contributed by atoms with E-state index in [-0.39, 0.29) is 17.5 Å². The maximum absolute atomic E-state index is 12.7. The minimum absolute atomic E-state index is 0.0828. The smallest absolute Gasteiger partial charge is 0.326 e. The second-order valence-corrected chi connectivity index (χ2v) is 8.87. The summed E-state index contributed by atoms with van der Waals surface area (Å²) in [5.41, 5.74) is 2.08. The summed E-state index contributed by atoms with van der Waals surface area (Å²) in [5.74, 6) is -1.20. The molecule has 7 nitrogen and oxygen atoms in total. The first-order valence-corrected chi connectivity index (χ1v) is 11.1. The van der Waals surface area contributed by atoms with Gasteiger partial charge < -0.3 is 19.7 Å². The molecule has 32 heavy (non-hydrogen) atoms. The summed E-state index contributed by atoms with van der Waals surface area (Å²) in [6.45, 7) is 0. The molecular formula is C23H20Br2N2O5. The van der Waals surface area contributed by atoms with Crippen LogP contribution < -0.4 is 15.6 Å². The Morgan fingerprint density at radius 3 is 2.44 bits per heavy atom. The molecule has 166 valence electrons. The second-order valence-electron chi connectivity index (χ2n) is 7.10. The van der Waals surface area contributed by atoms with E-state index in [1.165, 1.54) is 17.7 Å². The Kier molecular flexibility index (Phi) is 7.52. The van der Waals surface area contributed by atoms with Gasteiger partial charge in [0.25, 0.3) is 11.5 Å². The normalized spacial score (nSPS) is 11.6. The van der Waals surface area contributed by atoms with Gasteiger partial charge in [-0.05, 0) is 67.3 Å². The van der Waals surface area contributed by atoms with Gasteiger partial charge in [0.2, 0.25) is 0 Å². The monoisotopic (exact) mass is 562 g/mol. The lowest BCUT2D eigenvalue weighted by atomic mass is 10.0. The van der Waals surface area contributed by atoms with E-state index in [1.807, 2.05) is 0 Å². The average molecular weight is 564 g/mol. The minimum atomic E-state index is -1.15. The van der Waals surface area contributed by atoms with Crippen molar-refractivity contribution in [3.8, 4) is 16.9 Å². The highest BCUT2D eigenvalue weighted by atomic mass is 79.9. The maximum atomic E-state index is 12.7. The molecule has 3 rings (SSSR count). The number of amides is 1. The summed E-state index contributed by atoms with van der Waals surface area (Å²) in [6, 6.07) is 12.5. The number of hydrogen-bond donors (Lipinski definition) is 2. The van der Waals surface area contributed by atoms with Gasteiger partial charge in [-0.25, -0.2) is 4.79 Å². The average Bonchev–Trinajstić information content (AvgIpc) is 2.76. The number of pyridine rings is 1. The topological polar surface area (TPSA) is 97.6 Å². The highest BCUT2D eigenvalue weighted by Gasteiger charge is 2.23. The summed E-state index contributed by atoms with van der Waals surface area (Å²) in [5, 5.41) is 12.2. The highest BCUT2D eigenvalue weighted by Crippen LogP contribution is 2.23. The van der Waals surface area contributed by atoms with Gasteiger partial charge in [0.1, 0.15) is 11.8 Å². The van der Waals surface area contributed by atoms with Crippen molar-refractivity contribution in [2.75, 3.05) is 7.11 Å². The number of carbonyl (C=O) groups excluding carboxylic acids is 1. The van der Waals surface area contributed by atoms with E-state index in [2.05, 4.69) is 37.2 Å². The maximum Gasteiger partial charge on any atom is 0.326 e. The molecule has 0 bridgehead atoms. The number of ether oxygens (including phenoxy) is 1. The molecule has 0 spiro atoms. The predicted octanol–water partition coefficient (Wildman–Crippen LogP) is 4.01. The third kappa shape index (κ3) is 5.46. The molecule has 1 aromatic heterocycles. The van der Waals surface area contributed by atoms with E-state index >= 15 is 0 Å². The number of aryl methyl sites for hydroxylation is 1. The summed E-state index contributed by atoms with van der Waals surface area (Å²) < 4.78 is 7.92. The second kappa shape index (κ2) is 10.1. The molecule has 1 atom stereocenters. The Morgan fingerprint density at radius 2 is 1.81 bits per heavy atom. The predicted molar refractivity (Wildman–Crippen MR) is 128 cm³/mol. The highest BCUT2D eigenvalue weighted by molar-refractivity contribution is 9.10. The Morgan fingerprint density at radius 1 is 1.12 bits per heavy atom. The van der Waals surface area contributed by atoms with Crippen LogP contribution in [0.2, 0.25) is 0 Å². The number of nitrogens with one attached hydrogen (secondary N) is 1. The van der Waals surface area contributed by atoms with Crippen LogP contribution in [0.5, 0.6) is 5.75 Å². The van der Waals surface area contributed by atoms with Gasteiger partial charge in [0, 0.05) is 34.2 Å². The molecule has 3 aromatic rings. The molecule has 0 aliphatic rings. The number of aromatic nitrogens is 1. The van der Waals surface area contributed by atoms with Crippen LogP contribution in [0.3, 0.4) is 0 Å². The zero-order chi connectivity index (χ0) is 23.4. The van der Waals surface area contributed by atoms with E-state index in [0.29, 0.717) is 26.9 Å². The lowest BCUT2D eigenvalue weighted by Crippen LogP contribution is -2.42. The van der Waals surface area contributed by atoms with Gasteiger partial charge in [-0.2, -0.15) is 0 Å². The Hall–Kier alpha value is -2.91. The van der Waals surface area contributed by atoms with Gasteiger partial charge in [-0.3, -0.25) is 9.59 Å². The number of nitrogens with zero attached hydrogens (tertiary/aromatic N) is 1. The van der Waals surface area contributed by atoms with E-state index in [4.69, 9.17) is 4.74 Å². The first-order chi connectivity index (χ1) is 15.2. The van der Waals surface area contributed by atoms with Crippen LogP contribution in [0.15, 0.2) is 68.5 Å². The summed E-state index contributed by atoms with van der Waals surface area (Å²) in [6.07, 6.45) is 1.76. The molecule has 0 saturated carbocycles. The molecule has 0 fully saturated rings. The third-order valence-corrected chi connectivity index (χ3v) is 6.00. The van der Waals surface area contributed by atoms with Gasteiger partial charge in [-0.15, -0.1) is 0 Å². The fraction of sp³-hybridized carbons (Fsp3) is 0.174. The van der Waals surface area contributed by atoms with Gasteiger partial charge >= 0.3 is 5.97 Å². The molecule has 2 aromatic carbocycles. The molecule has 1 amide bonds. The quantitative estimate of drug-likeness (QED) is 0.452. The lowest BCUT2D eigenvalue weighted by molar-refractivity contribution is -0.139. The first-order valence-electron chi connectivity index (χ1n) is 9.52. The zero-order valence-electron chi connectivity index (χ0n) is 17.3. The van der Waals surface area contributed by atoms with Gasteiger partial charge in [0.05, 0.1) is 12.7 Å². The number of rotatable bonds is 7. The molecule has 1 heterocycles. The van der Waals surface area contributed by atoms with Crippen LogP contribution in [0.4, 0.5) is 0 Å². The molecule has 0 radical (unpaired) electrons. The molecule has 0 saturated heterocycles. The van der Waals surface area contributed by atoms with Gasteiger partial charge in [0.15, 0.2) is 0 Å². The molecule has 1 unspecified atom stereocenters. The van der Waals surface area contributed by atoms with E-state index < -0.39 is 17.9 Å². The Bertz CT molecular complexity index is 1220. The summed E-state index contributed by atoms with van der Waals surface area (Å²) >= 11 is 6.69. The number of hydrogen-bond acceptors (Lipinski definition) is 4.